The highest BCUT2D eigenvalue weighted by Gasteiger charge is 2.27. The number of rotatable bonds is 6. The summed E-state index contributed by atoms with van der Waals surface area (Å²) < 4.78 is 32.3. The van der Waals surface area contributed by atoms with Gasteiger partial charge in [0.15, 0.2) is 0 Å². The largest absolute Gasteiger partial charge is 0.497 e. The molecule has 8 heteroatoms. The maximum Gasteiger partial charge on any atom is 0.241 e. The lowest BCUT2D eigenvalue weighted by atomic mass is 10.2. The second-order valence-corrected chi connectivity index (χ2v) is 7.49. The van der Waals surface area contributed by atoms with Gasteiger partial charge in [0.05, 0.1) is 18.0 Å². The zero-order valence-electron chi connectivity index (χ0n) is 14.4. The molecule has 1 heterocycles. The summed E-state index contributed by atoms with van der Waals surface area (Å²) in [7, 11) is -2.23. The van der Waals surface area contributed by atoms with E-state index in [4.69, 9.17) is 4.74 Å². The lowest BCUT2D eigenvalue weighted by Crippen LogP contribution is -2.54. The van der Waals surface area contributed by atoms with Crippen molar-refractivity contribution in [1.29, 1.82) is 0 Å². The molecule has 1 aromatic rings. The van der Waals surface area contributed by atoms with Crippen LogP contribution < -0.4 is 9.46 Å². The zero-order chi connectivity index (χ0) is 17.7. The highest BCUT2D eigenvalue weighted by atomic mass is 32.2. The summed E-state index contributed by atoms with van der Waals surface area (Å²) in [5.41, 5.74) is 0. The van der Waals surface area contributed by atoms with Crippen LogP contribution in [0.3, 0.4) is 0 Å². The second kappa shape index (κ2) is 7.96. The average molecular weight is 355 g/mol. The Kier molecular flexibility index (Phi) is 6.20. The third-order valence-corrected chi connectivity index (χ3v) is 5.76. The number of carbonyl (C=O) groups is 1. The highest BCUT2D eigenvalue weighted by Crippen LogP contribution is 2.16. The molecule has 1 aliphatic heterocycles. The van der Waals surface area contributed by atoms with E-state index >= 15 is 0 Å². The summed E-state index contributed by atoms with van der Waals surface area (Å²) in [5, 5.41) is 0. The molecule has 24 heavy (non-hydrogen) atoms. The van der Waals surface area contributed by atoms with Gasteiger partial charge in [-0.1, -0.05) is 6.92 Å². The van der Waals surface area contributed by atoms with Crippen molar-refractivity contribution in [3.63, 3.8) is 0 Å². The van der Waals surface area contributed by atoms with Crippen LogP contribution in [0.25, 0.3) is 0 Å². The van der Waals surface area contributed by atoms with E-state index in [0.717, 1.165) is 19.6 Å². The minimum Gasteiger partial charge on any atom is -0.497 e. The number of ether oxygens (including phenoxy) is 1. The number of likely N-dealkylation sites (N-methyl/N-ethyl adjacent to an activating group) is 1. The predicted octanol–water partition coefficient (Wildman–Crippen LogP) is 0.526. The summed E-state index contributed by atoms with van der Waals surface area (Å²) in [4.78, 5) is 16.5. The Morgan fingerprint density at radius 1 is 1.21 bits per heavy atom. The molecule has 0 radical (unpaired) electrons. The van der Waals surface area contributed by atoms with Crippen LogP contribution in [-0.4, -0.2) is 70.0 Å². The molecule has 2 rings (SSSR count). The highest BCUT2D eigenvalue weighted by molar-refractivity contribution is 7.89. The molecule has 134 valence electrons. The second-order valence-electron chi connectivity index (χ2n) is 5.78. The minimum atomic E-state index is -3.75. The first-order valence-corrected chi connectivity index (χ1v) is 9.53. The van der Waals surface area contributed by atoms with Gasteiger partial charge >= 0.3 is 0 Å². The van der Waals surface area contributed by atoms with Gasteiger partial charge in [-0.25, -0.2) is 8.42 Å². The van der Waals surface area contributed by atoms with Crippen molar-refractivity contribution in [2.75, 3.05) is 39.8 Å². The number of carbonyl (C=O) groups excluding carboxylic acids is 1. The molecule has 0 bridgehead atoms. The van der Waals surface area contributed by atoms with Crippen LogP contribution in [0.1, 0.15) is 13.8 Å². The van der Waals surface area contributed by atoms with E-state index in [2.05, 4.69) is 16.5 Å². The predicted molar refractivity (Wildman–Crippen MR) is 91.5 cm³/mol. The van der Waals surface area contributed by atoms with E-state index in [0.29, 0.717) is 18.8 Å². The van der Waals surface area contributed by atoms with Crippen LogP contribution >= 0.6 is 0 Å². The Labute approximate surface area is 143 Å². The molecule has 7 nitrogen and oxygen atoms in total. The average Bonchev–Trinajstić information content (AvgIpc) is 2.60. The number of nitrogens with zero attached hydrogens (tertiary/aromatic N) is 2. The van der Waals surface area contributed by atoms with E-state index in [-0.39, 0.29) is 10.8 Å². The first kappa shape index (κ1) is 18.7. The summed E-state index contributed by atoms with van der Waals surface area (Å²) in [6.45, 7) is 7.52. The van der Waals surface area contributed by atoms with E-state index in [1.165, 1.54) is 19.2 Å². The van der Waals surface area contributed by atoms with E-state index < -0.39 is 16.1 Å². The zero-order valence-corrected chi connectivity index (χ0v) is 15.2. The Morgan fingerprint density at radius 2 is 1.79 bits per heavy atom. The van der Waals surface area contributed by atoms with Crippen molar-refractivity contribution in [3.05, 3.63) is 24.3 Å². The van der Waals surface area contributed by atoms with Gasteiger partial charge in [0.2, 0.25) is 15.9 Å². The Balaban J connectivity index is 1.99. The smallest absolute Gasteiger partial charge is 0.241 e. The summed E-state index contributed by atoms with van der Waals surface area (Å²) in [6, 6.07) is 5.26. The van der Waals surface area contributed by atoms with Gasteiger partial charge in [0, 0.05) is 26.2 Å². The van der Waals surface area contributed by atoms with E-state index in [1.54, 1.807) is 24.0 Å². The quantitative estimate of drug-likeness (QED) is 0.805. The molecule has 1 fully saturated rings. The van der Waals surface area contributed by atoms with Crippen molar-refractivity contribution in [3.8, 4) is 5.75 Å². The number of amides is 1. The number of hydrogen-bond acceptors (Lipinski definition) is 5. The van der Waals surface area contributed by atoms with Gasteiger partial charge in [-0.3, -0.25) is 4.79 Å². The maximum absolute atomic E-state index is 12.5. The van der Waals surface area contributed by atoms with Crippen LogP contribution in [0.5, 0.6) is 5.75 Å². The molecule has 0 unspecified atom stereocenters. The fourth-order valence-electron chi connectivity index (χ4n) is 2.66. The molecule has 1 aromatic carbocycles. The molecule has 1 atom stereocenters. The molecular formula is C16H25N3O4S. The van der Waals surface area contributed by atoms with Crippen LogP contribution in [0, 0.1) is 0 Å². The molecule has 1 N–H and O–H groups in total. The van der Waals surface area contributed by atoms with Gasteiger partial charge in [-0.15, -0.1) is 0 Å². The summed E-state index contributed by atoms with van der Waals surface area (Å²) >= 11 is 0. The topological polar surface area (TPSA) is 79.0 Å². The lowest BCUT2D eigenvalue weighted by Gasteiger charge is -2.35. The number of nitrogens with one attached hydrogen (secondary N) is 1. The van der Waals surface area contributed by atoms with Crippen LogP contribution in [0.15, 0.2) is 29.2 Å². The van der Waals surface area contributed by atoms with Crippen molar-refractivity contribution in [1.82, 2.24) is 14.5 Å². The van der Waals surface area contributed by atoms with Gasteiger partial charge in [0.1, 0.15) is 5.75 Å². The molecule has 1 aliphatic rings. The first-order valence-electron chi connectivity index (χ1n) is 8.05. The normalized spacial score (nSPS) is 17.5. The third-order valence-electron chi connectivity index (χ3n) is 4.20. The standard InChI is InChI=1S/C16H25N3O4S/c1-4-18-9-11-19(12-10-18)16(20)13(2)17-24(21,22)15-7-5-14(23-3)6-8-15/h5-8,13,17H,4,9-12H2,1-3H3/t13-/m1/s1. The van der Waals surface area contributed by atoms with Crippen molar-refractivity contribution < 1.29 is 17.9 Å². The van der Waals surface area contributed by atoms with Crippen molar-refractivity contribution in [2.24, 2.45) is 0 Å². The molecular weight excluding hydrogens is 330 g/mol. The van der Waals surface area contributed by atoms with Gasteiger partial charge in [-0.2, -0.15) is 4.72 Å². The Hall–Kier alpha value is -1.64. The van der Waals surface area contributed by atoms with E-state index in [1.807, 2.05) is 0 Å². The van der Waals surface area contributed by atoms with Gasteiger partial charge in [-0.05, 0) is 37.7 Å². The number of sulfonamides is 1. The van der Waals surface area contributed by atoms with E-state index in [9.17, 15) is 13.2 Å². The maximum atomic E-state index is 12.5. The Morgan fingerprint density at radius 3 is 2.29 bits per heavy atom. The van der Waals surface area contributed by atoms with Crippen molar-refractivity contribution >= 4 is 15.9 Å². The number of hydrogen-bond donors (Lipinski definition) is 1. The van der Waals surface area contributed by atoms with Crippen molar-refractivity contribution in [2.45, 2.75) is 24.8 Å². The van der Waals surface area contributed by atoms with Gasteiger partial charge < -0.3 is 14.5 Å². The lowest BCUT2D eigenvalue weighted by molar-refractivity contribution is -0.134. The first-order chi connectivity index (χ1) is 11.4. The monoisotopic (exact) mass is 355 g/mol. The van der Waals surface area contributed by atoms with Crippen LogP contribution in [0.4, 0.5) is 0 Å². The molecule has 1 amide bonds. The third kappa shape index (κ3) is 4.46. The SMILES string of the molecule is CCN1CCN(C(=O)[C@@H](C)NS(=O)(=O)c2ccc(OC)cc2)CC1. The molecule has 0 aromatic heterocycles. The summed E-state index contributed by atoms with van der Waals surface area (Å²) in [5.74, 6) is 0.384. The molecule has 0 saturated carbocycles. The fourth-order valence-corrected chi connectivity index (χ4v) is 3.86. The number of piperazine rings is 1. The number of benzene rings is 1. The molecule has 0 aliphatic carbocycles. The molecule has 1 saturated heterocycles. The van der Waals surface area contributed by atoms with Gasteiger partial charge in [0.25, 0.3) is 0 Å². The van der Waals surface area contributed by atoms with Crippen LogP contribution in [0.2, 0.25) is 0 Å². The minimum absolute atomic E-state index is 0.110. The van der Waals surface area contributed by atoms with Crippen LogP contribution in [-0.2, 0) is 14.8 Å². The number of methoxy groups -OCH3 is 1. The molecule has 0 spiro atoms. The summed E-state index contributed by atoms with van der Waals surface area (Å²) in [6.07, 6.45) is 0. The fraction of sp³-hybridized carbons (Fsp3) is 0.562. The Bertz CT molecular complexity index is 652.